The van der Waals surface area contributed by atoms with Crippen molar-refractivity contribution < 1.29 is 22.8 Å². The fraction of sp³-hybridized carbons (Fsp3) is 0.643. The van der Waals surface area contributed by atoms with Crippen molar-refractivity contribution in [2.75, 3.05) is 5.32 Å². The number of nitrogens with one attached hydrogen (secondary N) is 2. The monoisotopic (exact) mass is 488 g/mol. The van der Waals surface area contributed by atoms with Gasteiger partial charge in [-0.25, -0.2) is 0 Å². The molecule has 0 spiro atoms. The smallest absolute Gasteiger partial charge is 0.349 e. The van der Waals surface area contributed by atoms with Gasteiger partial charge in [0, 0.05) is 17.4 Å². The Morgan fingerprint density at radius 1 is 1.11 bits per heavy atom. The molecule has 190 valence electrons. The van der Waals surface area contributed by atoms with Gasteiger partial charge in [-0.3, -0.25) is 9.59 Å². The van der Waals surface area contributed by atoms with Gasteiger partial charge in [0.1, 0.15) is 0 Å². The zero-order valence-corrected chi connectivity index (χ0v) is 20.7. The molecule has 7 unspecified atom stereocenters. The zero-order chi connectivity index (χ0) is 25.2. The molecule has 3 aliphatic carbocycles. The zero-order valence-electron chi connectivity index (χ0n) is 20.7. The van der Waals surface area contributed by atoms with E-state index >= 15 is 0 Å². The molecule has 35 heavy (non-hydrogen) atoms. The van der Waals surface area contributed by atoms with Crippen LogP contribution in [0.15, 0.2) is 30.4 Å². The van der Waals surface area contributed by atoms with E-state index in [1.165, 1.54) is 12.1 Å². The lowest BCUT2D eigenvalue weighted by Gasteiger charge is -2.49. The number of halogens is 3. The summed E-state index contributed by atoms with van der Waals surface area (Å²) in [6.07, 6.45) is 5.78. The molecule has 0 bridgehead atoms. The first-order chi connectivity index (χ1) is 16.4. The number of carbonyl (C=O) groups excluding carboxylic acids is 2. The fourth-order valence-corrected chi connectivity index (χ4v) is 8.02. The molecule has 1 aromatic carbocycles. The lowest BCUT2D eigenvalue weighted by Crippen LogP contribution is -2.48. The Bertz CT molecular complexity index is 1070. The number of aryl methyl sites for hydroxylation is 1. The molecule has 0 aromatic heterocycles. The summed E-state index contributed by atoms with van der Waals surface area (Å²) >= 11 is 0. The van der Waals surface area contributed by atoms with E-state index in [0.717, 1.165) is 44.6 Å². The van der Waals surface area contributed by atoms with Crippen LogP contribution < -0.4 is 10.6 Å². The van der Waals surface area contributed by atoms with E-state index in [-0.39, 0.29) is 40.3 Å². The molecule has 4 nitrogen and oxygen atoms in total. The van der Waals surface area contributed by atoms with Crippen molar-refractivity contribution in [2.45, 2.75) is 77.9 Å². The Morgan fingerprint density at radius 3 is 2.63 bits per heavy atom. The van der Waals surface area contributed by atoms with Crippen LogP contribution in [0.25, 0.3) is 0 Å². The molecular formula is C28H35F3N2O2. The normalized spacial score (nSPS) is 38.6. The standard InChI is InChI=1S/C28H35F3N2O2/c1-16-4-6-20(28(29,30)31)22(14-16)32-25(35)21-8-7-19-18-5-9-23-26(2,12-11-24(34)33-23)15-17(18)10-13-27(19,21)3/h4,6,11-12,14,17-19,21,23H,5,7-10,13,15H2,1-3H3,(H,32,35)(H,33,34). The van der Waals surface area contributed by atoms with Crippen LogP contribution in [0.5, 0.6) is 0 Å². The molecule has 1 aromatic rings. The Morgan fingerprint density at radius 2 is 1.89 bits per heavy atom. The largest absolute Gasteiger partial charge is 0.418 e. The van der Waals surface area contributed by atoms with Crippen LogP contribution in [-0.4, -0.2) is 17.9 Å². The van der Waals surface area contributed by atoms with Crippen LogP contribution in [0, 0.1) is 41.4 Å². The lowest BCUT2D eigenvalue weighted by atomic mass is 9.56. The highest BCUT2D eigenvalue weighted by molar-refractivity contribution is 5.94. The highest BCUT2D eigenvalue weighted by Crippen LogP contribution is 2.62. The first-order valence-corrected chi connectivity index (χ1v) is 12.9. The molecule has 0 saturated heterocycles. The SMILES string of the molecule is Cc1ccc(C(F)(F)F)c(NC(=O)C2CCC3C4CCC5NC(=O)C=CC5(C)CC4CCC23C)c1. The molecule has 2 N–H and O–H groups in total. The summed E-state index contributed by atoms with van der Waals surface area (Å²) in [6.45, 7) is 6.16. The highest BCUT2D eigenvalue weighted by atomic mass is 19.4. The summed E-state index contributed by atoms with van der Waals surface area (Å²) in [7, 11) is 0. The van der Waals surface area contributed by atoms with Gasteiger partial charge in [0.25, 0.3) is 0 Å². The minimum atomic E-state index is -4.52. The predicted molar refractivity (Wildman–Crippen MR) is 128 cm³/mol. The number of hydrogen-bond acceptors (Lipinski definition) is 2. The van der Waals surface area contributed by atoms with Gasteiger partial charge in [-0.05, 0) is 98.8 Å². The average Bonchev–Trinajstić information content (AvgIpc) is 3.04. The number of hydrogen-bond donors (Lipinski definition) is 2. The van der Waals surface area contributed by atoms with Crippen molar-refractivity contribution >= 4 is 17.5 Å². The van der Waals surface area contributed by atoms with Gasteiger partial charge in [-0.1, -0.05) is 26.0 Å². The molecule has 3 saturated carbocycles. The van der Waals surface area contributed by atoms with E-state index in [2.05, 4.69) is 30.6 Å². The number of fused-ring (bicyclic) bond motifs is 4. The third kappa shape index (κ3) is 4.19. The molecule has 7 heteroatoms. The maximum absolute atomic E-state index is 13.6. The summed E-state index contributed by atoms with van der Waals surface area (Å²) in [6, 6.07) is 4.03. The predicted octanol–water partition coefficient (Wildman–Crippen LogP) is 6.26. The van der Waals surface area contributed by atoms with Gasteiger partial charge in [0.15, 0.2) is 0 Å². The van der Waals surface area contributed by atoms with Gasteiger partial charge in [-0.2, -0.15) is 13.2 Å². The first kappa shape index (κ1) is 24.4. The summed E-state index contributed by atoms with van der Waals surface area (Å²) in [4.78, 5) is 25.4. The van der Waals surface area contributed by atoms with E-state index in [1.54, 1.807) is 13.0 Å². The highest BCUT2D eigenvalue weighted by Gasteiger charge is 2.57. The van der Waals surface area contributed by atoms with Gasteiger partial charge in [0.2, 0.25) is 11.8 Å². The van der Waals surface area contributed by atoms with E-state index < -0.39 is 11.7 Å². The summed E-state index contributed by atoms with van der Waals surface area (Å²) in [5.41, 5.74) is -0.524. The summed E-state index contributed by atoms with van der Waals surface area (Å²) in [5, 5.41) is 5.85. The van der Waals surface area contributed by atoms with Crippen LogP contribution in [0.1, 0.15) is 69.9 Å². The number of rotatable bonds is 2. The van der Waals surface area contributed by atoms with Crippen LogP contribution in [-0.2, 0) is 15.8 Å². The van der Waals surface area contributed by atoms with Crippen LogP contribution in [0.2, 0.25) is 0 Å². The molecule has 2 amide bonds. The Kier molecular flexibility index (Phi) is 5.84. The average molecular weight is 489 g/mol. The van der Waals surface area contributed by atoms with Gasteiger partial charge in [0.05, 0.1) is 11.3 Å². The van der Waals surface area contributed by atoms with Crippen LogP contribution >= 0.6 is 0 Å². The summed E-state index contributed by atoms with van der Waals surface area (Å²) < 4.78 is 40.7. The molecule has 4 aliphatic rings. The van der Waals surface area contributed by atoms with E-state index in [1.807, 2.05) is 0 Å². The second-order valence-corrected chi connectivity index (χ2v) is 11.9. The number of amides is 2. The number of alkyl halides is 3. The van der Waals surface area contributed by atoms with Gasteiger partial charge < -0.3 is 10.6 Å². The molecule has 0 radical (unpaired) electrons. The molecule has 1 aliphatic heterocycles. The van der Waals surface area contributed by atoms with Crippen LogP contribution in [0.3, 0.4) is 0 Å². The third-order valence-corrected chi connectivity index (χ3v) is 9.86. The third-order valence-electron chi connectivity index (χ3n) is 9.86. The van der Waals surface area contributed by atoms with E-state index in [4.69, 9.17) is 0 Å². The van der Waals surface area contributed by atoms with Crippen LogP contribution in [0.4, 0.5) is 18.9 Å². The maximum Gasteiger partial charge on any atom is 0.418 e. The number of benzene rings is 1. The van der Waals surface area contributed by atoms with E-state index in [0.29, 0.717) is 29.7 Å². The van der Waals surface area contributed by atoms with Crippen molar-refractivity contribution in [3.63, 3.8) is 0 Å². The number of carbonyl (C=O) groups is 2. The fourth-order valence-electron chi connectivity index (χ4n) is 8.02. The maximum atomic E-state index is 13.6. The Hall–Kier alpha value is -2.31. The quantitative estimate of drug-likeness (QED) is 0.517. The first-order valence-electron chi connectivity index (χ1n) is 12.9. The molecule has 5 rings (SSSR count). The van der Waals surface area contributed by atoms with Crippen molar-refractivity contribution in [1.29, 1.82) is 0 Å². The minimum Gasteiger partial charge on any atom is -0.349 e. The van der Waals surface area contributed by atoms with E-state index in [9.17, 15) is 22.8 Å². The number of anilines is 1. The van der Waals surface area contributed by atoms with Gasteiger partial charge >= 0.3 is 6.18 Å². The molecular weight excluding hydrogens is 453 g/mol. The Balaban J connectivity index is 1.36. The minimum absolute atomic E-state index is 0.0193. The topological polar surface area (TPSA) is 58.2 Å². The Labute approximate surface area is 205 Å². The van der Waals surface area contributed by atoms with Gasteiger partial charge in [-0.15, -0.1) is 0 Å². The van der Waals surface area contributed by atoms with Crippen molar-refractivity contribution in [3.05, 3.63) is 41.5 Å². The second-order valence-electron chi connectivity index (χ2n) is 11.9. The molecule has 1 heterocycles. The second kappa shape index (κ2) is 8.38. The lowest BCUT2D eigenvalue weighted by molar-refractivity contribution is -0.137. The van der Waals surface area contributed by atoms with Crippen molar-refractivity contribution in [1.82, 2.24) is 5.32 Å². The van der Waals surface area contributed by atoms with Crippen molar-refractivity contribution in [3.8, 4) is 0 Å². The molecule has 7 atom stereocenters. The summed E-state index contributed by atoms with van der Waals surface area (Å²) in [5.74, 6) is 0.793. The van der Waals surface area contributed by atoms with Crippen molar-refractivity contribution in [2.24, 2.45) is 34.5 Å². The molecule has 3 fully saturated rings.